The largest absolute Gasteiger partial charge is 0.295 e. The van der Waals surface area contributed by atoms with E-state index >= 15 is 0 Å². The number of non-ortho nitro benzene ring substituents is 1. The Morgan fingerprint density at radius 2 is 1.88 bits per heavy atom. The Balaban J connectivity index is 2.26. The molecule has 0 radical (unpaired) electrons. The van der Waals surface area contributed by atoms with Crippen LogP contribution in [0.25, 0.3) is 0 Å². The number of hydrogen-bond acceptors (Lipinski definition) is 6. The van der Waals surface area contributed by atoms with Crippen LogP contribution in [-0.2, 0) is 4.57 Å². The van der Waals surface area contributed by atoms with Gasteiger partial charge in [-0.25, -0.2) is 9.66 Å². The molecular weight excluding hydrogens is 463 g/mol. The Morgan fingerprint density at radius 3 is 2.47 bits per heavy atom. The van der Waals surface area contributed by atoms with Gasteiger partial charge < -0.3 is 0 Å². The zero-order valence-electron chi connectivity index (χ0n) is 19.0. The van der Waals surface area contributed by atoms with E-state index in [1.807, 2.05) is 37.0 Å². The van der Waals surface area contributed by atoms with Crippen LogP contribution in [0.15, 0.2) is 58.4 Å². The molecule has 2 rings (SSSR count). The topological polar surface area (TPSA) is 79.0 Å². The zero-order valence-corrected chi connectivity index (χ0v) is 21.5. The molecule has 7 nitrogen and oxygen atoms in total. The van der Waals surface area contributed by atoms with Crippen molar-refractivity contribution in [1.82, 2.24) is 9.34 Å². The van der Waals surface area contributed by atoms with Gasteiger partial charge in [-0.2, -0.15) is 0 Å². The van der Waals surface area contributed by atoms with Gasteiger partial charge in [-0.05, 0) is 51.2 Å². The smallest absolute Gasteiger partial charge is 0.292 e. The van der Waals surface area contributed by atoms with Crippen molar-refractivity contribution in [3.8, 4) is 0 Å². The van der Waals surface area contributed by atoms with Crippen molar-refractivity contribution in [3.05, 3.63) is 64.2 Å². The molecule has 0 spiro atoms. The first-order valence-electron chi connectivity index (χ1n) is 10.4. The molecule has 0 aliphatic carbocycles. The summed E-state index contributed by atoms with van der Waals surface area (Å²) in [5.41, 5.74) is 1.36. The summed E-state index contributed by atoms with van der Waals surface area (Å²) in [5, 5.41) is 11.0. The fourth-order valence-electron chi connectivity index (χ4n) is 2.80. The third kappa shape index (κ3) is 7.66. The lowest BCUT2D eigenvalue weighted by Gasteiger charge is -2.33. The van der Waals surface area contributed by atoms with Gasteiger partial charge in [0, 0.05) is 35.1 Å². The average molecular weight is 495 g/mol. The van der Waals surface area contributed by atoms with Crippen molar-refractivity contribution >= 4 is 47.5 Å². The molecule has 32 heavy (non-hydrogen) atoms. The van der Waals surface area contributed by atoms with Crippen molar-refractivity contribution in [2.24, 2.45) is 4.99 Å². The van der Waals surface area contributed by atoms with Gasteiger partial charge in [0.25, 0.3) is 12.3 Å². The maximum absolute atomic E-state index is 14.0. The van der Waals surface area contributed by atoms with E-state index in [0.717, 1.165) is 29.2 Å². The highest BCUT2D eigenvalue weighted by Crippen LogP contribution is 2.62. The van der Waals surface area contributed by atoms with E-state index in [-0.39, 0.29) is 5.69 Å². The summed E-state index contributed by atoms with van der Waals surface area (Å²) < 4.78 is 17.6. The van der Waals surface area contributed by atoms with Gasteiger partial charge >= 0.3 is 0 Å². The van der Waals surface area contributed by atoms with E-state index in [0.29, 0.717) is 17.8 Å². The Hall–Kier alpha value is -1.80. The molecule has 0 aliphatic heterocycles. The summed E-state index contributed by atoms with van der Waals surface area (Å²) in [6.45, 7) is 1.55. The first-order valence-corrected chi connectivity index (χ1v) is 14.6. The van der Waals surface area contributed by atoms with Gasteiger partial charge in [0.15, 0.2) is 0 Å². The molecule has 174 valence electrons. The second-order valence-electron chi connectivity index (χ2n) is 7.32. The van der Waals surface area contributed by atoms with Crippen molar-refractivity contribution in [1.29, 1.82) is 0 Å². The van der Waals surface area contributed by atoms with Gasteiger partial charge in [-0.15, -0.1) is 11.8 Å². The van der Waals surface area contributed by atoms with Crippen LogP contribution in [0, 0.1) is 17.0 Å². The van der Waals surface area contributed by atoms with Crippen molar-refractivity contribution in [3.63, 3.8) is 0 Å². The van der Waals surface area contributed by atoms with Crippen LogP contribution in [-0.4, -0.2) is 52.7 Å². The van der Waals surface area contributed by atoms with Crippen molar-refractivity contribution < 1.29 is 9.49 Å². The molecule has 0 fully saturated rings. The van der Waals surface area contributed by atoms with Gasteiger partial charge in [0.05, 0.1) is 16.9 Å². The van der Waals surface area contributed by atoms with Crippen LogP contribution in [0.2, 0.25) is 0 Å². The molecule has 1 atom stereocenters. The lowest BCUT2D eigenvalue weighted by molar-refractivity contribution is -0.384. The lowest BCUT2D eigenvalue weighted by Crippen LogP contribution is -2.27. The molecule has 0 N–H and O–H groups in total. The van der Waals surface area contributed by atoms with Gasteiger partial charge in [0.2, 0.25) is 0 Å². The normalized spacial score (nSPS) is 13.4. The second kappa shape index (κ2) is 13.0. The second-order valence-corrected chi connectivity index (χ2v) is 13.7. The Morgan fingerprint density at radius 1 is 1.16 bits per heavy atom. The summed E-state index contributed by atoms with van der Waals surface area (Å²) in [5.74, 6) is 1.56. The Bertz CT molecular complexity index is 957. The average Bonchev–Trinajstić information content (AvgIpc) is 2.77. The minimum atomic E-state index is -2.92. The van der Waals surface area contributed by atoms with Crippen LogP contribution in [0.1, 0.15) is 25.3 Å². The number of rotatable bonds is 13. The van der Waals surface area contributed by atoms with Crippen LogP contribution in [0.4, 0.5) is 11.4 Å². The highest BCUT2D eigenvalue weighted by molar-refractivity contribution is 8.56. The Labute approximate surface area is 199 Å². The number of hydrogen-bond donors (Lipinski definition) is 0. The van der Waals surface area contributed by atoms with Crippen LogP contribution in [0.5, 0.6) is 0 Å². The zero-order chi connectivity index (χ0) is 23.6. The van der Waals surface area contributed by atoms with E-state index in [4.69, 9.17) is 0 Å². The number of benzene rings is 2. The maximum atomic E-state index is 14.0. The van der Waals surface area contributed by atoms with Crippen LogP contribution >= 0.6 is 29.8 Å². The Kier molecular flexibility index (Phi) is 10.8. The molecule has 0 heterocycles. The SMILES string of the molecule is CCCCSP(=O)(N(C)C)N(C=Nc1ccc([N+](=O)[O-])cc1C)CCSc1ccccc1. The maximum Gasteiger partial charge on any atom is 0.295 e. The molecule has 0 amide bonds. The molecule has 2 aromatic rings. The van der Waals surface area contributed by atoms with Gasteiger partial charge in [-0.1, -0.05) is 42.9 Å². The molecular formula is C22H31N4O3PS2. The van der Waals surface area contributed by atoms with Crippen LogP contribution < -0.4 is 0 Å². The molecule has 2 aromatic carbocycles. The standard InChI is InChI=1S/C22H31N4O3PS2/c1-5-6-15-32-30(29,24(3)4)25(14-16-31-21-10-8-7-9-11-21)18-23-22-13-12-20(26(27)28)17-19(22)2/h7-13,17-18H,5-6,14-16H2,1-4H3. The number of nitro groups is 1. The van der Waals surface area contributed by atoms with Crippen molar-refractivity contribution in [2.45, 2.75) is 31.6 Å². The van der Waals surface area contributed by atoms with Crippen molar-refractivity contribution in [2.75, 3.05) is 32.1 Å². The van der Waals surface area contributed by atoms with Crippen LogP contribution in [0.3, 0.4) is 0 Å². The summed E-state index contributed by atoms with van der Waals surface area (Å²) >= 11 is 3.18. The minimum Gasteiger partial charge on any atom is -0.292 e. The van der Waals surface area contributed by atoms with E-state index < -0.39 is 11.6 Å². The number of unbranched alkanes of at least 4 members (excludes halogenated alkanes) is 1. The van der Waals surface area contributed by atoms with Gasteiger partial charge in [0.1, 0.15) is 0 Å². The number of nitro benzene ring substituents is 1. The fourth-order valence-corrected chi connectivity index (χ4v) is 8.45. The quantitative estimate of drug-likeness (QED) is 0.0572. The molecule has 0 bridgehead atoms. The van der Waals surface area contributed by atoms with Gasteiger partial charge in [-0.3, -0.25) is 19.3 Å². The third-order valence-corrected chi connectivity index (χ3v) is 11.6. The molecule has 10 heteroatoms. The highest BCUT2D eigenvalue weighted by atomic mass is 32.7. The monoisotopic (exact) mass is 494 g/mol. The summed E-state index contributed by atoms with van der Waals surface area (Å²) in [7, 11) is 3.67. The predicted octanol–water partition coefficient (Wildman–Crippen LogP) is 6.86. The number of aliphatic imine (C=N–C) groups is 1. The summed E-state index contributed by atoms with van der Waals surface area (Å²) in [6.07, 6.45) is 3.67. The highest BCUT2D eigenvalue weighted by Gasteiger charge is 2.32. The molecule has 0 aromatic heterocycles. The predicted molar refractivity (Wildman–Crippen MR) is 139 cm³/mol. The molecule has 0 aliphatic rings. The lowest BCUT2D eigenvalue weighted by atomic mass is 10.2. The third-order valence-electron chi connectivity index (χ3n) is 4.64. The minimum absolute atomic E-state index is 0.0339. The fraction of sp³-hybridized carbons (Fsp3) is 0.409. The number of aryl methyl sites for hydroxylation is 1. The molecule has 0 saturated heterocycles. The van der Waals surface area contributed by atoms with E-state index in [9.17, 15) is 14.7 Å². The number of nitrogens with zero attached hydrogens (tertiary/aromatic N) is 4. The number of thioether (sulfide) groups is 1. The van der Waals surface area contributed by atoms with E-state index in [1.165, 1.54) is 23.5 Å². The molecule has 1 unspecified atom stereocenters. The first-order chi connectivity index (χ1) is 15.3. The summed E-state index contributed by atoms with van der Waals surface area (Å²) in [4.78, 5) is 16.3. The first kappa shape index (κ1) is 26.5. The van der Waals surface area contributed by atoms with E-state index in [1.54, 1.807) is 35.8 Å². The summed E-state index contributed by atoms with van der Waals surface area (Å²) in [6, 6.07) is 14.7. The van der Waals surface area contributed by atoms with E-state index in [2.05, 4.69) is 24.0 Å². The molecule has 0 saturated carbocycles.